The highest BCUT2D eigenvalue weighted by Gasteiger charge is 2.35. The molecule has 21 heavy (non-hydrogen) atoms. The second-order valence-corrected chi connectivity index (χ2v) is 7.68. The molecule has 1 aromatic rings. The van der Waals surface area contributed by atoms with Crippen LogP contribution in [0, 0.1) is 5.92 Å². The molecule has 2 rings (SSSR count). The van der Waals surface area contributed by atoms with Gasteiger partial charge in [0.1, 0.15) is 0 Å². The molecule has 1 amide bonds. The van der Waals surface area contributed by atoms with Crippen molar-refractivity contribution in [3.63, 3.8) is 0 Å². The maximum absolute atomic E-state index is 12.4. The van der Waals surface area contributed by atoms with Crippen LogP contribution in [0.15, 0.2) is 4.34 Å². The third kappa shape index (κ3) is 3.54. The Kier molecular flexibility index (Phi) is 4.54. The summed E-state index contributed by atoms with van der Waals surface area (Å²) in [7, 11) is -3.88. The lowest BCUT2D eigenvalue weighted by molar-refractivity contribution is -0.142. The molecule has 1 unspecified atom stereocenters. The van der Waals surface area contributed by atoms with Crippen molar-refractivity contribution < 1.29 is 23.1 Å². The molecule has 0 saturated carbocycles. The van der Waals surface area contributed by atoms with E-state index in [1.807, 2.05) is 0 Å². The average molecular weight is 334 g/mol. The Balaban J connectivity index is 2.19. The van der Waals surface area contributed by atoms with Crippen LogP contribution in [0.2, 0.25) is 0 Å². The number of aromatic nitrogens is 2. The molecular weight excluding hydrogens is 320 g/mol. The third-order valence-electron chi connectivity index (χ3n) is 2.98. The van der Waals surface area contributed by atoms with E-state index in [9.17, 15) is 18.0 Å². The van der Waals surface area contributed by atoms with Gasteiger partial charge in [0.2, 0.25) is 15.4 Å². The first kappa shape index (κ1) is 15.8. The number of hydrogen-bond donors (Lipinski definition) is 2. The number of nitrogens with zero attached hydrogens (tertiary/aromatic N) is 3. The third-order valence-corrected chi connectivity index (χ3v) is 6.03. The zero-order chi connectivity index (χ0) is 15.6. The minimum absolute atomic E-state index is 0.0767. The van der Waals surface area contributed by atoms with Crippen LogP contribution in [-0.4, -0.2) is 53.0 Å². The van der Waals surface area contributed by atoms with E-state index in [1.165, 1.54) is 6.92 Å². The van der Waals surface area contributed by atoms with Crippen molar-refractivity contribution in [1.29, 1.82) is 0 Å². The molecule has 0 radical (unpaired) electrons. The molecule has 0 aliphatic carbocycles. The number of carbonyl (C=O) groups excluding carboxylic acids is 1. The fourth-order valence-corrected chi connectivity index (χ4v) is 4.60. The number of aliphatic carboxylic acids is 1. The van der Waals surface area contributed by atoms with Gasteiger partial charge in [-0.3, -0.25) is 9.59 Å². The predicted molar refractivity (Wildman–Crippen MR) is 73.3 cm³/mol. The number of piperidine rings is 1. The second kappa shape index (κ2) is 6.03. The van der Waals surface area contributed by atoms with Crippen LogP contribution in [0.3, 0.4) is 0 Å². The minimum Gasteiger partial charge on any atom is -0.481 e. The minimum atomic E-state index is -3.88. The number of rotatable bonds is 4. The summed E-state index contributed by atoms with van der Waals surface area (Å²) in [4.78, 5) is 21.9. The molecule has 2 heterocycles. The van der Waals surface area contributed by atoms with Crippen LogP contribution < -0.4 is 5.32 Å². The average Bonchev–Trinajstić information content (AvgIpc) is 2.87. The highest BCUT2D eigenvalue weighted by molar-refractivity contribution is 7.91. The predicted octanol–water partition coefficient (Wildman–Crippen LogP) is -0.0182. The number of nitrogens with one attached hydrogen (secondary N) is 1. The fraction of sp³-hybridized carbons (Fsp3) is 0.600. The lowest BCUT2D eigenvalue weighted by Gasteiger charge is -2.28. The van der Waals surface area contributed by atoms with Crippen molar-refractivity contribution in [3.8, 4) is 0 Å². The fourth-order valence-electron chi connectivity index (χ4n) is 1.99. The lowest BCUT2D eigenvalue weighted by Crippen LogP contribution is -2.42. The molecule has 11 heteroatoms. The van der Waals surface area contributed by atoms with Crippen LogP contribution in [-0.2, 0) is 19.6 Å². The van der Waals surface area contributed by atoms with E-state index in [-0.39, 0.29) is 28.5 Å². The van der Waals surface area contributed by atoms with E-state index in [0.717, 1.165) is 15.6 Å². The first-order valence-electron chi connectivity index (χ1n) is 6.14. The van der Waals surface area contributed by atoms with Crippen molar-refractivity contribution in [2.45, 2.75) is 24.1 Å². The van der Waals surface area contributed by atoms with Gasteiger partial charge in [0.25, 0.3) is 10.0 Å². The summed E-state index contributed by atoms with van der Waals surface area (Å²) in [6.07, 6.45) is 0.933. The van der Waals surface area contributed by atoms with Crippen molar-refractivity contribution in [2.75, 3.05) is 18.4 Å². The molecule has 1 saturated heterocycles. The number of carbonyl (C=O) groups is 2. The van der Waals surface area contributed by atoms with Gasteiger partial charge in [-0.15, -0.1) is 10.2 Å². The van der Waals surface area contributed by atoms with Gasteiger partial charge in [-0.1, -0.05) is 11.3 Å². The van der Waals surface area contributed by atoms with E-state index in [4.69, 9.17) is 5.11 Å². The SMILES string of the molecule is CC(=O)Nc1nnc(S(=O)(=O)N2CCCC(C(=O)O)C2)s1. The molecule has 0 bridgehead atoms. The molecule has 116 valence electrons. The normalized spacial score (nSPS) is 20.1. The number of sulfonamides is 1. The Hall–Kier alpha value is -1.59. The van der Waals surface area contributed by atoms with E-state index in [2.05, 4.69) is 15.5 Å². The van der Waals surface area contributed by atoms with E-state index in [1.54, 1.807) is 0 Å². The second-order valence-electron chi connectivity index (χ2n) is 4.59. The van der Waals surface area contributed by atoms with Gasteiger partial charge in [0.15, 0.2) is 0 Å². The molecule has 0 aromatic carbocycles. The standard InChI is InChI=1S/C10H14N4O5S2/c1-6(15)11-9-12-13-10(20-9)21(18,19)14-4-2-3-7(5-14)8(16)17/h7H,2-5H2,1H3,(H,16,17)(H,11,12,15). The summed E-state index contributed by atoms with van der Waals surface area (Å²) in [5.74, 6) is -2.10. The molecule has 1 aliphatic rings. The molecule has 0 spiro atoms. The van der Waals surface area contributed by atoms with Gasteiger partial charge in [0, 0.05) is 20.0 Å². The first-order chi connectivity index (χ1) is 9.80. The zero-order valence-electron chi connectivity index (χ0n) is 11.1. The monoisotopic (exact) mass is 334 g/mol. The van der Waals surface area contributed by atoms with Crippen molar-refractivity contribution in [1.82, 2.24) is 14.5 Å². The number of carboxylic acids is 1. The molecule has 1 aliphatic heterocycles. The quantitative estimate of drug-likeness (QED) is 0.740. The van der Waals surface area contributed by atoms with Crippen LogP contribution in [0.4, 0.5) is 5.13 Å². The Bertz CT molecular complexity index is 656. The topological polar surface area (TPSA) is 130 Å². The van der Waals surface area contributed by atoms with Gasteiger partial charge >= 0.3 is 5.97 Å². The number of anilines is 1. The Morgan fingerprint density at radius 3 is 2.76 bits per heavy atom. The van der Waals surface area contributed by atoms with E-state index in [0.29, 0.717) is 12.8 Å². The van der Waals surface area contributed by atoms with E-state index >= 15 is 0 Å². The highest BCUT2D eigenvalue weighted by atomic mass is 32.2. The van der Waals surface area contributed by atoms with Gasteiger partial charge < -0.3 is 10.4 Å². The molecule has 1 aromatic heterocycles. The smallest absolute Gasteiger partial charge is 0.307 e. The van der Waals surface area contributed by atoms with Gasteiger partial charge in [0.05, 0.1) is 5.92 Å². The van der Waals surface area contributed by atoms with E-state index < -0.39 is 21.9 Å². The van der Waals surface area contributed by atoms with Crippen molar-refractivity contribution in [2.24, 2.45) is 5.92 Å². The zero-order valence-corrected chi connectivity index (χ0v) is 12.8. The maximum Gasteiger partial charge on any atom is 0.307 e. The van der Waals surface area contributed by atoms with Crippen molar-refractivity contribution >= 4 is 38.4 Å². The molecule has 2 N–H and O–H groups in total. The number of hydrogen-bond acceptors (Lipinski definition) is 7. The molecule has 1 atom stereocenters. The van der Waals surface area contributed by atoms with Crippen LogP contribution >= 0.6 is 11.3 Å². The first-order valence-corrected chi connectivity index (χ1v) is 8.40. The largest absolute Gasteiger partial charge is 0.481 e. The van der Waals surface area contributed by atoms with Gasteiger partial charge in [-0.05, 0) is 12.8 Å². The summed E-state index contributed by atoms with van der Waals surface area (Å²) >= 11 is 0.740. The number of amides is 1. The summed E-state index contributed by atoms with van der Waals surface area (Å²) in [6, 6.07) is 0. The van der Waals surface area contributed by atoms with Gasteiger partial charge in [-0.25, -0.2) is 8.42 Å². The molecular formula is C10H14N4O5S2. The summed E-state index contributed by atoms with van der Waals surface area (Å²) in [5.41, 5.74) is 0. The van der Waals surface area contributed by atoms with Crippen LogP contribution in [0.1, 0.15) is 19.8 Å². The number of carboxylic acid groups (broad SMARTS) is 1. The van der Waals surface area contributed by atoms with Crippen molar-refractivity contribution in [3.05, 3.63) is 0 Å². The lowest BCUT2D eigenvalue weighted by atomic mass is 10.0. The maximum atomic E-state index is 12.4. The molecule has 1 fully saturated rings. The highest BCUT2D eigenvalue weighted by Crippen LogP contribution is 2.27. The van der Waals surface area contributed by atoms with Crippen LogP contribution in [0.25, 0.3) is 0 Å². The molecule has 9 nitrogen and oxygen atoms in total. The van der Waals surface area contributed by atoms with Gasteiger partial charge in [-0.2, -0.15) is 4.31 Å². The Morgan fingerprint density at radius 1 is 1.43 bits per heavy atom. The Labute approximate surface area is 125 Å². The Morgan fingerprint density at radius 2 is 2.14 bits per heavy atom. The van der Waals surface area contributed by atoms with Crippen LogP contribution in [0.5, 0.6) is 0 Å². The summed E-state index contributed by atoms with van der Waals surface area (Å²) in [6.45, 7) is 1.45. The summed E-state index contributed by atoms with van der Waals surface area (Å²) < 4.78 is 25.6. The summed E-state index contributed by atoms with van der Waals surface area (Å²) in [5, 5.41) is 18.6.